The van der Waals surface area contributed by atoms with Gasteiger partial charge in [-0.3, -0.25) is 9.59 Å². The van der Waals surface area contributed by atoms with E-state index in [-0.39, 0.29) is 35.8 Å². The predicted octanol–water partition coefficient (Wildman–Crippen LogP) is 2.25. The third-order valence-electron chi connectivity index (χ3n) is 6.52. The molecule has 2 heterocycles. The summed E-state index contributed by atoms with van der Waals surface area (Å²) in [5, 5.41) is 10.4. The average Bonchev–Trinajstić information content (AvgIpc) is 2.97. The Balaban J connectivity index is 1.66. The number of esters is 2. The molecule has 1 N–H and O–H groups in total. The quantitative estimate of drug-likeness (QED) is 0.430. The third kappa shape index (κ3) is 3.59. The summed E-state index contributed by atoms with van der Waals surface area (Å²) in [6.45, 7) is 1.43. The molecule has 2 bridgehead atoms. The Labute approximate surface area is 158 Å². The average molecular weight is 374 g/mol. The number of carbonyl (C=O) groups excluding carboxylic acids is 3. The van der Waals surface area contributed by atoms with E-state index in [0.717, 1.165) is 19.3 Å². The predicted molar refractivity (Wildman–Crippen MR) is 95.4 cm³/mol. The fraction of sp³-hybridized carbons (Fsp3) is 0.667. The van der Waals surface area contributed by atoms with Gasteiger partial charge in [-0.2, -0.15) is 0 Å². The fourth-order valence-electron chi connectivity index (χ4n) is 5.26. The summed E-state index contributed by atoms with van der Waals surface area (Å²) in [5.74, 6) is -0.507. The van der Waals surface area contributed by atoms with E-state index in [1.807, 2.05) is 0 Å². The van der Waals surface area contributed by atoms with E-state index in [1.165, 1.54) is 6.92 Å². The van der Waals surface area contributed by atoms with Crippen LogP contribution in [0.15, 0.2) is 23.8 Å². The second kappa shape index (κ2) is 6.89. The maximum atomic E-state index is 12.5. The van der Waals surface area contributed by atoms with Crippen LogP contribution in [0.3, 0.4) is 0 Å². The molecule has 5 aliphatic rings. The number of carbonyl (C=O) groups is 3. The smallest absolute Gasteiger partial charge is 0.341 e. The van der Waals surface area contributed by atoms with Crippen LogP contribution < -0.4 is 0 Å². The molecule has 27 heavy (non-hydrogen) atoms. The first-order valence-electron chi connectivity index (χ1n) is 9.87. The highest BCUT2D eigenvalue weighted by molar-refractivity contribution is 6.18. The van der Waals surface area contributed by atoms with E-state index in [4.69, 9.17) is 9.47 Å². The topological polar surface area (TPSA) is 89.9 Å². The van der Waals surface area contributed by atoms with E-state index >= 15 is 0 Å². The van der Waals surface area contributed by atoms with Gasteiger partial charge >= 0.3 is 11.9 Å². The van der Waals surface area contributed by atoms with Crippen LogP contribution in [0.5, 0.6) is 0 Å². The first kappa shape index (κ1) is 18.4. The number of hydrogen-bond acceptors (Lipinski definition) is 6. The zero-order valence-corrected chi connectivity index (χ0v) is 15.6. The van der Waals surface area contributed by atoms with Gasteiger partial charge in [0.2, 0.25) is 0 Å². The van der Waals surface area contributed by atoms with Gasteiger partial charge in [0.05, 0.1) is 11.7 Å². The molecule has 0 amide bonds. The fourth-order valence-corrected chi connectivity index (χ4v) is 5.26. The largest absolute Gasteiger partial charge is 0.462 e. The first-order valence-corrected chi connectivity index (χ1v) is 9.87. The minimum absolute atomic E-state index is 0.0964. The van der Waals surface area contributed by atoms with Gasteiger partial charge < -0.3 is 14.6 Å². The molecule has 1 saturated carbocycles. The molecule has 6 nitrogen and oxygen atoms in total. The molecule has 2 fully saturated rings. The lowest BCUT2D eigenvalue weighted by atomic mass is 9.66. The Morgan fingerprint density at radius 2 is 2.11 bits per heavy atom. The lowest BCUT2D eigenvalue weighted by Crippen LogP contribution is -2.38. The third-order valence-corrected chi connectivity index (χ3v) is 6.52. The molecule has 0 aromatic heterocycles. The molecular formula is C21H26O6. The number of hydrogen-bond donors (Lipinski definition) is 1. The van der Waals surface area contributed by atoms with Crippen LogP contribution in [-0.2, 0) is 23.9 Å². The van der Waals surface area contributed by atoms with Crippen molar-refractivity contribution in [1.29, 1.82) is 0 Å². The van der Waals surface area contributed by atoms with Crippen molar-refractivity contribution in [2.75, 3.05) is 0 Å². The van der Waals surface area contributed by atoms with Crippen molar-refractivity contribution in [1.82, 2.24) is 0 Å². The SMILES string of the molecule is CC(=O)O[C@@H]1CC[C@H]2CC3(C=C[C@H]21)/C=C1/C(=O)CC(C[C@@H](O)CC3)OC1=O. The van der Waals surface area contributed by atoms with Gasteiger partial charge in [-0.1, -0.05) is 18.2 Å². The number of allylic oxidation sites excluding steroid dienone is 2. The highest BCUT2D eigenvalue weighted by Gasteiger charge is 2.46. The van der Waals surface area contributed by atoms with E-state index in [9.17, 15) is 19.5 Å². The molecule has 6 heteroatoms. The van der Waals surface area contributed by atoms with Crippen molar-refractivity contribution < 1.29 is 29.0 Å². The number of Topliss-reactive ketones (excluding diaryl/α,β-unsaturated/α-hetero) is 1. The van der Waals surface area contributed by atoms with Crippen molar-refractivity contribution >= 4 is 17.7 Å². The summed E-state index contributed by atoms with van der Waals surface area (Å²) in [6, 6.07) is 0. The van der Waals surface area contributed by atoms with Crippen LogP contribution in [0.4, 0.5) is 0 Å². The second-order valence-corrected chi connectivity index (χ2v) is 8.50. The Morgan fingerprint density at radius 3 is 2.85 bits per heavy atom. The summed E-state index contributed by atoms with van der Waals surface area (Å²) >= 11 is 0. The van der Waals surface area contributed by atoms with Crippen molar-refractivity contribution in [3.8, 4) is 0 Å². The highest BCUT2D eigenvalue weighted by Crippen LogP contribution is 2.50. The number of ether oxygens (including phenoxy) is 2. The molecule has 5 rings (SSSR count). The van der Waals surface area contributed by atoms with E-state index < -0.39 is 23.6 Å². The zero-order chi connectivity index (χ0) is 19.2. The van der Waals surface area contributed by atoms with Crippen LogP contribution in [0, 0.1) is 17.3 Å². The monoisotopic (exact) mass is 374 g/mol. The van der Waals surface area contributed by atoms with E-state index in [0.29, 0.717) is 25.2 Å². The van der Waals surface area contributed by atoms with Crippen molar-refractivity contribution in [2.45, 2.75) is 70.2 Å². The number of fused-ring (bicyclic) bond motifs is 6. The van der Waals surface area contributed by atoms with E-state index in [1.54, 1.807) is 6.08 Å². The molecule has 1 spiro atoms. The van der Waals surface area contributed by atoms with Gasteiger partial charge in [-0.25, -0.2) is 4.79 Å². The minimum atomic E-state index is -0.593. The van der Waals surface area contributed by atoms with Gasteiger partial charge in [-0.05, 0) is 38.0 Å². The maximum absolute atomic E-state index is 12.5. The minimum Gasteiger partial charge on any atom is -0.462 e. The van der Waals surface area contributed by atoms with Gasteiger partial charge in [-0.15, -0.1) is 0 Å². The Kier molecular flexibility index (Phi) is 4.70. The van der Waals surface area contributed by atoms with Crippen LogP contribution in [0.2, 0.25) is 0 Å². The molecule has 1 saturated heterocycles. The Bertz CT molecular complexity index is 702. The molecule has 6 atom stereocenters. The molecule has 2 unspecified atom stereocenters. The number of aliphatic hydroxyl groups excluding tert-OH is 1. The van der Waals surface area contributed by atoms with Gasteiger partial charge in [0, 0.05) is 31.1 Å². The van der Waals surface area contributed by atoms with Crippen molar-refractivity contribution in [3.05, 3.63) is 23.8 Å². The summed E-state index contributed by atoms with van der Waals surface area (Å²) in [5.41, 5.74) is -0.290. The van der Waals surface area contributed by atoms with Crippen molar-refractivity contribution in [3.63, 3.8) is 0 Å². The van der Waals surface area contributed by atoms with Gasteiger partial charge in [0.15, 0.2) is 5.78 Å². The molecule has 3 aliphatic carbocycles. The van der Waals surface area contributed by atoms with Crippen LogP contribution in [0.1, 0.15) is 51.9 Å². The maximum Gasteiger partial charge on any atom is 0.341 e. The molecule has 0 aromatic carbocycles. The summed E-state index contributed by atoms with van der Waals surface area (Å²) < 4.78 is 10.8. The first-order chi connectivity index (χ1) is 12.8. The summed E-state index contributed by atoms with van der Waals surface area (Å²) in [6.07, 6.45) is 9.03. The highest BCUT2D eigenvalue weighted by atomic mass is 16.5. The van der Waals surface area contributed by atoms with Crippen LogP contribution in [0.25, 0.3) is 0 Å². The molecule has 0 aromatic rings. The zero-order valence-electron chi connectivity index (χ0n) is 15.6. The van der Waals surface area contributed by atoms with E-state index in [2.05, 4.69) is 12.2 Å². The normalized spacial score (nSPS) is 43.0. The van der Waals surface area contributed by atoms with Crippen LogP contribution in [-0.4, -0.2) is 41.1 Å². The summed E-state index contributed by atoms with van der Waals surface area (Å²) in [4.78, 5) is 36.2. The Hall–Kier alpha value is -1.95. The lowest BCUT2D eigenvalue weighted by Gasteiger charge is -2.39. The number of ketones is 1. The molecule has 2 aliphatic heterocycles. The van der Waals surface area contributed by atoms with Crippen molar-refractivity contribution in [2.24, 2.45) is 17.3 Å². The van der Waals surface area contributed by atoms with Gasteiger partial charge in [0.1, 0.15) is 12.2 Å². The second-order valence-electron chi connectivity index (χ2n) is 8.50. The summed E-state index contributed by atoms with van der Waals surface area (Å²) in [7, 11) is 0. The van der Waals surface area contributed by atoms with Gasteiger partial charge in [0.25, 0.3) is 0 Å². The lowest BCUT2D eigenvalue weighted by molar-refractivity contribution is -0.153. The number of aliphatic hydroxyl groups is 1. The molecular weight excluding hydrogens is 348 g/mol. The molecule has 0 radical (unpaired) electrons. The number of rotatable bonds is 1. The van der Waals surface area contributed by atoms with Crippen LogP contribution >= 0.6 is 0 Å². The Morgan fingerprint density at radius 1 is 1.30 bits per heavy atom. The molecule has 146 valence electrons. The standard InChI is InChI=1S/C21H26O6/c1-12(22)26-19-3-2-13-10-21(7-5-16(13)19)6-4-14(23)8-15-9-18(24)17(11-21)20(25)27-15/h5,7,11,13-16,19,23H,2-4,6,8-10H2,1H3/b17-11-/t13-,14-,15?,16+,19+,21?/m0/s1.